The number of hydrogen-bond donors (Lipinski definition) is 2. The molecule has 0 saturated heterocycles. The second kappa shape index (κ2) is 9.21. The van der Waals surface area contributed by atoms with Crippen molar-refractivity contribution >= 4 is 17.9 Å². The SMILES string of the molecule is CCCNC(=O)NC(=O)COC(=O)c1nn(-c2ccccc2)cc1OC. The Bertz CT molecular complexity index is 773. The predicted octanol–water partition coefficient (Wildman–Crippen LogP) is 1.27. The first-order chi connectivity index (χ1) is 12.5. The van der Waals surface area contributed by atoms with Gasteiger partial charge in [0.2, 0.25) is 5.69 Å². The quantitative estimate of drug-likeness (QED) is 0.719. The van der Waals surface area contributed by atoms with Crippen LogP contribution in [-0.4, -0.2) is 47.9 Å². The average Bonchev–Trinajstić information content (AvgIpc) is 3.09. The number of amides is 3. The average molecular weight is 360 g/mol. The number of carbonyl (C=O) groups excluding carboxylic acids is 3. The molecule has 0 fully saturated rings. The Hall–Kier alpha value is -3.36. The number of methoxy groups -OCH3 is 1. The highest BCUT2D eigenvalue weighted by atomic mass is 16.5. The van der Waals surface area contributed by atoms with Crippen LogP contribution in [0, 0.1) is 0 Å². The molecule has 138 valence electrons. The first kappa shape index (κ1) is 19.0. The number of nitrogens with zero attached hydrogens (tertiary/aromatic N) is 2. The van der Waals surface area contributed by atoms with Crippen LogP contribution in [0.5, 0.6) is 5.75 Å². The van der Waals surface area contributed by atoms with Gasteiger partial charge in [-0.25, -0.2) is 14.3 Å². The highest BCUT2D eigenvalue weighted by Gasteiger charge is 2.21. The van der Waals surface area contributed by atoms with Crippen molar-refractivity contribution in [3.63, 3.8) is 0 Å². The summed E-state index contributed by atoms with van der Waals surface area (Å²) in [5.74, 6) is -1.37. The molecule has 1 aromatic carbocycles. The lowest BCUT2D eigenvalue weighted by molar-refractivity contribution is -0.123. The summed E-state index contributed by atoms with van der Waals surface area (Å²) in [5, 5.41) is 8.67. The molecule has 9 nitrogen and oxygen atoms in total. The van der Waals surface area contributed by atoms with Crippen LogP contribution < -0.4 is 15.4 Å². The third-order valence-corrected chi connectivity index (χ3v) is 3.24. The fraction of sp³-hybridized carbons (Fsp3) is 0.294. The fourth-order valence-corrected chi connectivity index (χ4v) is 2.01. The lowest BCUT2D eigenvalue weighted by Gasteiger charge is -2.06. The number of urea groups is 1. The lowest BCUT2D eigenvalue weighted by atomic mass is 10.3. The van der Waals surface area contributed by atoms with Gasteiger partial charge in [0.1, 0.15) is 0 Å². The van der Waals surface area contributed by atoms with E-state index in [-0.39, 0.29) is 11.4 Å². The molecule has 0 unspecified atom stereocenters. The molecule has 2 rings (SSSR count). The molecule has 0 radical (unpaired) electrons. The van der Waals surface area contributed by atoms with E-state index in [0.717, 1.165) is 12.1 Å². The van der Waals surface area contributed by atoms with Crippen molar-refractivity contribution in [1.82, 2.24) is 20.4 Å². The molecular formula is C17H20N4O5. The normalized spacial score (nSPS) is 10.1. The third-order valence-electron chi connectivity index (χ3n) is 3.24. The van der Waals surface area contributed by atoms with Crippen molar-refractivity contribution in [3.05, 3.63) is 42.2 Å². The maximum Gasteiger partial charge on any atom is 0.363 e. The molecule has 0 atom stereocenters. The van der Waals surface area contributed by atoms with E-state index in [1.54, 1.807) is 0 Å². The number of aromatic nitrogens is 2. The number of hydrogen-bond acceptors (Lipinski definition) is 6. The number of ether oxygens (including phenoxy) is 2. The van der Waals surface area contributed by atoms with E-state index in [2.05, 4.69) is 15.7 Å². The van der Waals surface area contributed by atoms with Crippen molar-refractivity contribution in [2.24, 2.45) is 0 Å². The second-order valence-corrected chi connectivity index (χ2v) is 5.21. The van der Waals surface area contributed by atoms with Crippen molar-refractivity contribution in [1.29, 1.82) is 0 Å². The monoisotopic (exact) mass is 360 g/mol. The Balaban J connectivity index is 1.98. The lowest BCUT2D eigenvalue weighted by Crippen LogP contribution is -2.41. The van der Waals surface area contributed by atoms with Gasteiger partial charge < -0.3 is 14.8 Å². The topological polar surface area (TPSA) is 112 Å². The standard InChI is InChI=1S/C17H20N4O5/c1-3-9-18-17(24)19-14(22)11-26-16(23)15-13(25-2)10-21(20-15)12-7-5-4-6-8-12/h4-8,10H,3,9,11H2,1-2H3,(H2,18,19,22,24). The Morgan fingerprint density at radius 3 is 2.58 bits per heavy atom. The van der Waals surface area contributed by atoms with Gasteiger partial charge in [0.15, 0.2) is 12.4 Å². The summed E-state index contributed by atoms with van der Waals surface area (Å²) in [6, 6.07) is 8.49. The zero-order valence-corrected chi connectivity index (χ0v) is 14.5. The van der Waals surface area contributed by atoms with Crippen molar-refractivity contribution in [2.75, 3.05) is 20.3 Å². The molecule has 0 spiro atoms. The summed E-state index contributed by atoms with van der Waals surface area (Å²) >= 11 is 0. The number of nitrogens with one attached hydrogen (secondary N) is 2. The number of para-hydroxylation sites is 1. The molecule has 9 heteroatoms. The van der Waals surface area contributed by atoms with Crippen LogP contribution in [-0.2, 0) is 9.53 Å². The maximum absolute atomic E-state index is 12.2. The van der Waals surface area contributed by atoms with Crippen LogP contribution in [0.25, 0.3) is 5.69 Å². The van der Waals surface area contributed by atoms with Gasteiger partial charge in [-0.05, 0) is 18.6 Å². The zero-order valence-electron chi connectivity index (χ0n) is 14.5. The molecule has 26 heavy (non-hydrogen) atoms. The molecule has 0 aliphatic carbocycles. The first-order valence-corrected chi connectivity index (χ1v) is 7.99. The summed E-state index contributed by atoms with van der Waals surface area (Å²) < 4.78 is 11.5. The van der Waals surface area contributed by atoms with E-state index in [1.165, 1.54) is 18.0 Å². The van der Waals surface area contributed by atoms with Gasteiger partial charge in [-0.3, -0.25) is 10.1 Å². The number of esters is 1. The molecular weight excluding hydrogens is 340 g/mol. The summed E-state index contributed by atoms with van der Waals surface area (Å²) in [5.41, 5.74) is 0.662. The van der Waals surface area contributed by atoms with Crippen LogP contribution in [0.15, 0.2) is 36.5 Å². The predicted molar refractivity (Wildman–Crippen MR) is 92.2 cm³/mol. The highest BCUT2D eigenvalue weighted by Crippen LogP contribution is 2.20. The number of carbonyl (C=O) groups is 3. The van der Waals surface area contributed by atoms with E-state index < -0.39 is 24.5 Å². The van der Waals surface area contributed by atoms with Crippen LogP contribution in [0.3, 0.4) is 0 Å². The number of benzene rings is 1. The summed E-state index contributed by atoms with van der Waals surface area (Å²) in [6.45, 7) is 1.71. The van der Waals surface area contributed by atoms with Crippen LogP contribution >= 0.6 is 0 Å². The molecule has 0 saturated carbocycles. The van der Waals surface area contributed by atoms with Crippen molar-refractivity contribution < 1.29 is 23.9 Å². The van der Waals surface area contributed by atoms with Crippen LogP contribution in [0.4, 0.5) is 4.79 Å². The van der Waals surface area contributed by atoms with Crippen LogP contribution in [0.2, 0.25) is 0 Å². The second-order valence-electron chi connectivity index (χ2n) is 5.21. The van der Waals surface area contributed by atoms with E-state index in [1.807, 2.05) is 37.3 Å². The van der Waals surface area contributed by atoms with Crippen molar-refractivity contribution in [2.45, 2.75) is 13.3 Å². The number of imide groups is 1. The molecule has 3 amide bonds. The van der Waals surface area contributed by atoms with Gasteiger partial charge in [0.05, 0.1) is 19.0 Å². The molecule has 0 bridgehead atoms. The minimum Gasteiger partial charge on any atom is -0.493 e. The summed E-state index contributed by atoms with van der Waals surface area (Å²) in [7, 11) is 1.40. The minimum atomic E-state index is -0.833. The molecule has 2 N–H and O–H groups in total. The van der Waals surface area contributed by atoms with Gasteiger partial charge in [0, 0.05) is 6.54 Å². The molecule has 0 aliphatic heterocycles. The fourth-order valence-electron chi connectivity index (χ4n) is 2.01. The van der Waals surface area contributed by atoms with E-state index >= 15 is 0 Å². The number of rotatable bonds is 7. The van der Waals surface area contributed by atoms with E-state index in [4.69, 9.17) is 9.47 Å². The first-order valence-electron chi connectivity index (χ1n) is 7.99. The Labute approximate surface area is 150 Å². The highest BCUT2D eigenvalue weighted by molar-refractivity contribution is 5.97. The smallest absolute Gasteiger partial charge is 0.363 e. The van der Waals surface area contributed by atoms with Crippen molar-refractivity contribution in [3.8, 4) is 11.4 Å². The Kier molecular flexibility index (Phi) is 6.72. The summed E-state index contributed by atoms with van der Waals surface area (Å²) in [6.07, 6.45) is 2.27. The molecule has 1 aromatic heterocycles. The van der Waals surface area contributed by atoms with Gasteiger partial charge in [-0.1, -0.05) is 25.1 Å². The van der Waals surface area contributed by atoms with Gasteiger partial charge in [-0.15, -0.1) is 0 Å². The van der Waals surface area contributed by atoms with Gasteiger partial charge >= 0.3 is 12.0 Å². The van der Waals surface area contributed by atoms with E-state index in [9.17, 15) is 14.4 Å². The molecule has 1 heterocycles. The van der Waals surface area contributed by atoms with Crippen LogP contribution in [0.1, 0.15) is 23.8 Å². The van der Waals surface area contributed by atoms with Gasteiger partial charge in [-0.2, -0.15) is 5.10 Å². The van der Waals surface area contributed by atoms with E-state index in [0.29, 0.717) is 6.54 Å². The van der Waals surface area contributed by atoms with Gasteiger partial charge in [0.25, 0.3) is 5.91 Å². The minimum absolute atomic E-state index is 0.0698. The maximum atomic E-state index is 12.2. The Morgan fingerprint density at radius 1 is 1.19 bits per heavy atom. The zero-order chi connectivity index (χ0) is 18.9. The largest absolute Gasteiger partial charge is 0.493 e. The molecule has 0 aliphatic rings. The molecule has 2 aromatic rings. The third kappa shape index (κ3) is 5.07. The summed E-state index contributed by atoms with van der Waals surface area (Å²) in [4.78, 5) is 35.2. The Morgan fingerprint density at radius 2 is 1.92 bits per heavy atom.